The summed E-state index contributed by atoms with van der Waals surface area (Å²) in [6.45, 7) is 9.87. The zero-order chi connectivity index (χ0) is 20.8. The molecule has 8 nitrogen and oxygen atoms in total. The molecule has 3 rings (SSSR count). The summed E-state index contributed by atoms with van der Waals surface area (Å²) >= 11 is 0. The fourth-order valence-electron chi connectivity index (χ4n) is 3.26. The minimum absolute atomic E-state index is 0.296. The van der Waals surface area contributed by atoms with Gasteiger partial charge in [-0.1, -0.05) is 11.6 Å². The SMILES string of the molecule is CCOC(=O)c1ncn2c1CN=C(NCC(OCC)OCC)c1cc(C)ccc1-2. The van der Waals surface area contributed by atoms with Crippen LogP contribution in [0.3, 0.4) is 0 Å². The zero-order valence-electron chi connectivity index (χ0n) is 17.4. The van der Waals surface area contributed by atoms with Gasteiger partial charge in [-0.25, -0.2) is 9.78 Å². The van der Waals surface area contributed by atoms with E-state index in [9.17, 15) is 4.79 Å². The molecule has 0 radical (unpaired) electrons. The first-order chi connectivity index (χ1) is 14.1. The smallest absolute Gasteiger partial charge is 0.358 e. The summed E-state index contributed by atoms with van der Waals surface area (Å²) in [5, 5.41) is 3.36. The number of imidazole rings is 1. The van der Waals surface area contributed by atoms with Crippen LogP contribution in [-0.4, -0.2) is 54.0 Å². The van der Waals surface area contributed by atoms with Crippen LogP contribution in [0.25, 0.3) is 5.69 Å². The predicted molar refractivity (Wildman–Crippen MR) is 110 cm³/mol. The highest BCUT2D eigenvalue weighted by Crippen LogP contribution is 2.25. The Morgan fingerprint density at radius 3 is 2.66 bits per heavy atom. The number of ether oxygens (including phenoxy) is 3. The van der Waals surface area contributed by atoms with Crippen molar-refractivity contribution in [1.29, 1.82) is 0 Å². The Bertz CT molecular complexity index is 885. The van der Waals surface area contributed by atoms with Gasteiger partial charge in [-0.3, -0.25) is 9.56 Å². The lowest BCUT2D eigenvalue weighted by molar-refractivity contribution is -0.131. The number of nitrogens with zero attached hydrogens (tertiary/aromatic N) is 3. The van der Waals surface area contributed by atoms with Gasteiger partial charge in [0.05, 0.1) is 31.1 Å². The number of nitrogens with one attached hydrogen (secondary N) is 1. The van der Waals surface area contributed by atoms with Crippen molar-refractivity contribution in [2.45, 2.75) is 40.5 Å². The van der Waals surface area contributed by atoms with Crippen LogP contribution in [0.5, 0.6) is 0 Å². The lowest BCUT2D eigenvalue weighted by Gasteiger charge is -2.19. The molecular weight excluding hydrogens is 372 g/mol. The molecule has 1 aliphatic heterocycles. The average molecular weight is 400 g/mol. The number of carbonyl (C=O) groups is 1. The number of rotatable bonds is 8. The Labute approximate surface area is 170 Å². The van der Waals surface area contributed by atoms with E-state index in [1.165, 1.54) is 0 Å². The van der Waals surface area contributed by atoms with Gasteiger partial charge in [-0.15, -0.1) is 0 Å². The van der Waals surface area contributed by atoms with E-state index in [2.05, 4.69) is 16.4 Å². The van der Waals surface area contributed by atoms with Gasteiger partial charge >= 0.3 is 5.97 Å². The molecule has 1 N–H and O–H groups in total. The largest absolute Gasteiger partial charge is 0.461 e. The number of fused-ring (bicyclic) bond motifs is 3. The molecule has 0 unspecified atom stereocenters. The van der Waals surface area contributed by atoms with Crippen molar-refractivity contribution in [3.63, 3.8) is 0 Å². The van der Waals surface area contributed by atoms with Gasteiger partial charge in [0, 0.05) is 18.8 Å². The van der Waals surface area contributed by atoms with Gasteiger partial charge in [0.2, 0.25) is 0 Å². The Kier molecular flexibility index (Phi) is 7.00. The quantitative estimate of drug-likeness (QED) is 0.541. The van der Waals surface area contributed by atoms with E-state index in [4.69, 9.17) is 19.2 Å². The monoisotopic (exact) mass is 400 g/mol. The van der Waals surface area contributed by atoms with Crippen LogP contribution in [0.2, 0.25) is 0 Å². The zero-order valence-corrected chi connectivity index (χ0v) is 17.4. The molecule has 8 heteroatoms. The number of hydrogen-bond donors (Lipinski definition) is 1. The number of aromatic nitrogens is 2. The highest BCUT2D eigenvalue weighted by Gasteiger charge is 2.25. The Morgan fingerprint density at radius 2 is 1.97 bits per heavy atom. The molecule has 0 atom stereocenters. The Hall–Kier alpha value is -2.71. The van der Waals surface area contributed by atoms with Crippen LogP contribution in [0.4, 0.5) is 0 Å². The van der Waals surface area contributed by atoms with E-state index in [-0.39, 0.29) is 6.29 Å². The molecule has 1 aromatic carbocycles. The van der Waals surface area contributed by atoms with Crippen molar-refractivity contribution in [2.24, 2.45) is 4.99 Å². The number of amidine groups is 1. The Balaban J connectivity index is 1.95. The molecule has 0 amide bonds. The second-order valence-electron chi connectivity index (χ2n) is 6.54. The maximum absolute atomic E-state index is 12.3. The van der Waals surface area contributed by atoms with Gasteiger partial charge in [0.15, 0.2) is 12.0 Å². The third-order valence-corrected chi connectivity index (χ3v) is 4.53. The molecule has 1 aliphatic rings. The van der Waals surface area contributed by atoms with Crippen molar-refractivity contribution < 1.29 is 19.0 Å². The van der Waals surface area contributed by atoms with Gasteiger partial charge in [-0.2, -0.15) is 0 Å². The first-order valence-corrected chi connectivity index (χ1v) is 9.95. The van der Waals surface area contributed by atoms with Gasteiger partial charge in [-0.05, 0) is 39.8 Å². The number of aliphatic imine (C=N–C) groups is 1. The average Bonchev–Trinajstić information content (AvgIpc) is 3.06. The molecule has 0 saturated heterocycles. The second kappa shape index (κ2) is 9.67. The van der Waals surface area contributed by atoms with Crippen LogP contribution < -0.4 is 5.32 Å². The minimum Gasteiger partial charge on any atom is -0.461 e. The Morgan fingerprint density at radius 1 is 1.21 bits per heavy atom. The highest BCUT2D eigenvalue weighted by atomic mass is 16.7. The van der Waals surface area contributed by atoms with E-state index in [1.54, 1.807) is 13.3 Å². The summed E-state index contributed by atoms with van der Waals surface area (Å²) in [6, 6.07) is 6.10. The van der Waals surface area contributed by atoms with Gasteiger partial charge in [0.1, 0.15) is 12.2 Å². The van der Waals surface area contributed by atoms with Crippen LogP contribution in [-0.2, 0) is 20.8 Å². The number of benzene rings is 1. The maximum Gasteiger partial charge on any atom is 0.358 e. The summed E-state index contributed by atoms with van der Waals surface area (Å²) in [5.74, 6) is 0.292. The summed E-state index contributed by atoms with van der Waals surface area (Å²) < 4.78 is 18.3. The first kappa shape index (κ1) is 21.0. The number of carbonyl (C=O) groups excluding carboxylic acids is 1. The third-order valence-electron chi connectivity index (χ3n) is 4.53. The molecule has 0 fully saturated rings. The lowest BCUT2D eigenvalue weighted by Crippen LogP contribution is -2.36. The molecule has 0 aliphatic carbocycles. The second-order valence-corrected chi connectivity index (χ2v) is 6.54. The van der Waals surface area contributed by atoms with E-state index >= 15 is 0 Å². The molecule has 2 aromatic rings. The number of aryl methyl sites for hydroxylation is 1. The molecule has 2 heterocycles. The predicted octanol–water partition coefficient (Wildman–Crippen LogP) is 2.61. The molecule has 1 aromatic heterocycles. The molecule has 156 valence electrons. The van der Waals surface area contributed by atoms with Crippen LogP contribution >= 0.6 is 0 Å². The maximum atomic E-state index is 12.3. The van der Waals surface area contributed by atoms with Crippen LogP contribution in [0.1, 0.15) is 48.1 Å². The molecule has 0 spiro atoms. The van der Waals surface area contributed by atoms with Crippen LogP contribution in [0.15, 0.2) is 29.5 Å². The minimum atomic E-state index is -0.436. The van der Waals surface area contributed by atoms with Gasteiger partial charge < -0.3 is 19.5 Å². The number of esters is 1. The third kappa shape index (κ3) is 4.65. The van der Waals surface area contributed by atoms with Gasteiger partial charge in [0.25, 0.3) is 0 Å². The summed E-state index contributed by atoms with van der Waals surface area (Å²) in [5.41, 5.74) is 3.95. The first-order valence-electron chi connectivity index (χ1n) is 9.95. The molecule has 0 bridgehead atoms. The van der Waals surface area contributed by atoms with Crippen molar-refractivity contribution in [3.8, 4) is 5.69 Å². The molecular formula is C21H28N4O4. The van der Waals surface area contributed by atoms with E-state index in [1.807, 2.05) is 37.5 Å². The van der Waals surface area contributed by atoms with Crippen molar-refractivity contribution in [3.05, 3.63) is 47.0 Å². The fraction of sp³-hybridized carbons (Fsp3) is 0.476. The topological polar surface area (TPSA) is 87.0 Å². The van der Waals surface area contributed by atoms with E-state index < -0.39 is 5.97 Å². The lowest BCUT2D eigenvalue weighted by atomic mass is 10.1. The van der Waals surface area contributed by atoms with Crippen molar-refractivity contribution >= 4 is 11.8 Å². The van der Waals surface area contributed by atoms with Crippen molar-refractivity contribution in [2.75, 3.05) is 26.4 Å². The normalized spacial score (nSPS) is 12.8. The number of hydrogen-bond acceptors (Lipinski definition) is 7. The van der Waals surface area contributed by atoms with Crippen molar-refractivity contribution in [1.82, 2.24) is 14.9 Å². The molecule has 29 heavy (non-hydrogen) atoms. The highest BCUT2D eigenvalue weighted by molar-refractivity contribution is 6.03. The summed E-state index contributed by atoms with van der Waals surface area (Å²) in [4.78, 5) is 21.3. The molecule has 0 saturated carbocycles. The fourth-order valence-corrected chi connectivity index (χ4v) is 3.26. The van der Waals surface area contributed by atoms with Crippen LogP contribution in [0, 0.1) is 6.92 Å². The summed E-state index contributed by atoms with van der Waals surface area (Å²) in [7, 11) is 0. The standard InChI is InChI=1S/C21H28N4O4/c1-5-27-18(28-6-2)12-23-20-15-10-14(4)8-9-16(15)25-13-24-19(17(25)11-22-20)21(26)29-7-3/h8-10,13,18H,5-7,11-12H2,1-4H3,(H,22,23). The van der Waals surface area contributed by atoms with E-state index in [0.29, 0.717) is 44.3 Å². The van der Waals surface area contributed by atoms with E-state index in [0.717, 1.165) is 22.6 Å². The summed E-state index contributed by atoms with van der Waals surface area (Å²) in [6.07, 6.45) is 1.29.